The number of carbonyl (C=O) groups excluding carboxylic acids is 1. The van der Waals surface area contributed by atoms with Crippen molar-refractivity contribution in [3.05, 3.63) is 35.6 Å². The number of nitrogens with zero attached hydrogens (tertiary/aromatic N) is 1. The van der Waals surface area contributed by atoms with Gasteiger partial charge in [-0.3, -0.25) is 4.79 Å². The molecule has 2 aliphatic heterocycles. The minimum Gasteiger partial charge on any atom is -0.373 e. The van der Waals surface area contributed by atoms with Gasteiger partial charge in [-0.05, 0) is 76.9 Å². The molecule has 4 nitrogen and oxygen atoms in total. The second kappa shape index (κ2) is 7.42. The predicted octanol–water partition coefficient (Wildman–Crippen LogP) is 2.77. The van der Waals surface area contributed by atoms with Gasteiger partial charge in [-0.1, -0.05) is 12.1 Å². The summed E-state index contributed by atoms with van der Waals surface area (Å²) in [6.45, 7) is 5.15. The van der Waals surface area contributed by atoms with Crippen molar-refractivity contribution in [2.75, 3.05) is 33.3 Å². The normalized spacial score (nSPS) is 26.5. The van der Waals surface area contributed by atoms with E-state index in [0.29, 0.717) is 13.0 Å². The first-order valence-electron chi connectivity index (χ1n) is 9.26. The molecule has 1 amide bonds. The summed E-state index contributed by atoms with van der Waals surface area (Å²) in [7, 11) is 2.08. The van der Waals surface area contributed by atoms with Crippen molar-refractivity contribution in [1.82, 2.24) is 10.2 Å². The molecule has 2 aliphatic rings. The second-order valence-electron chi connectivity index (χ2n) is 7.97. The minimum absolute atomic E-state index is 0.0848. The number of rotatable bonds is 5. The first-order valence-corrected chi connectivity index (χ1v) is 9.26. The van der Waals surface area contributed by atoms with Crippen LogP contribution in [-0.2, 0) is 16.0 Å². The molecule has 1 atom stereocenters. The Morgan fingerprint density at radius 2 is 2.08 bits per heavy atom. The molecular formula is C20H29FN2O2. The summed E-state index contributed by atoms with van der Waals surface area (Å²) >= 11 is 0. The number of halogens is 1. The largest absolute Gasteiger partial charge is 0.373 e. The number of ether oxygens (including phenoxy) is 1. The fourth-order valence-corrected chi connectivity index (χ4v) is 4.00. The van der Waals surface area contributed by atoms with Crippen molar-refractivity contribution in [3.8, 4) is 0 Å². The summed E-state index contributed by atoms with van der Waals surface area (Å²) in [5, 5.41) is 3.15. The van der Waals surface area contributed by atoms with Gasteiger partial charge < -0.3 is 15.0 Å². The molecule has 138 valence electrons. The Balaban J connectivity index is 1.72. The van der Waals surface area contributed by atoms with Gasteiger partial charge in [0.05, 0.1) is 11.0 Å². The van der Waals surface area contributed by atoms with E-state index in [4.69, 9.17) is 4.74 Å². The molecule has 1 aromatic rings. The molecule has 25 heavy (non-hydrogen) atoms. The lowest BCUT2D eigenvalue weighted by Gasteiger charge is -2.40. The van der Waals surface area contributed by atoms with Crippen LogP contribution >= 0.6 is 0 Å². The molecule has 0 spiro atoms. The number of amides is 1. The van der Waals surface area contributed by atoms with Gasteiger partial charge in [-0.25, -0.2) is 4.39 Å². The average molecular weight is 348 g/mol. The van der Waals surface area contributed by atoms with Gasteiger partial charge >= 0.3 is 0 Å². The highest BCUT2D eigenvalue weighted by Gasteiger charge is 2.42. The Labute approximate surface area is 149 Å². The zero-order valence-corrected chi connectivity index (χ0v) is 15.3. The molecule has 3 rings (SSSR count). The molecule has 0 aromatic heterocycles. The highest BCUT2D eigenvalue weighted by atomic mass is 19.1. The number of hydrogen-bond acceptors (Lipinski definition) is 3. The highest BCUT2D eigenvalue weighted by Crippen LogP contribution is 2.36. The molecule has 0 radical (unpaired) electrons. The quantitative estimate of drug-likeness (QED) is 0.890. The Kier molecular flexibility index (Phi) is 5.44. The van der Waals surface area contributed by atoms with Crippen LogP contribution in [0, 0.1) is 11.2 Å². The van der Waals surface area contributed by atoms with E-state index in [1.165, 1.54) is 6.07 Å². The third kappa shape index (κ3) is 4.39. The number of piperidine rings is 1. The number of carbonyl (C=O) groups is 1. The standard InChI is InChI=1S/C20H29FN2O2/c1-19(7-4-12-25-19)15-22-18(24)20(8-10-23(2)11-9-20)14-16-5-3-6-17(21)13-16/h3,5-6,13H,4,7-12,14-15H2,1-2H3,(H,22,24). The van der Waals surface area contributed by atoms with E-state index in [2.05, 4.69) is 24.2 Å². The lowest BCUT2D eigenvalue weighted by Crippen LogP contribution is -2.52. The van der Waals surface area contributed by atoms with E-state index in [-0.39, 0.29) is 17.3 Å². The highest BCUT2D eigenvalue weighted by molar-refractivity contribution is 5.83. The lowest BCUT2D eigenvalue weighted by atomic mass is 9.73. The fraction of sp³-hybridized carbons (Fsp3) is 0.650. The molecule has 2 saturated heterocycles. The Bertz CT molecular complexity index is 605. The predicted molar refractivity (Wildman–Crippen MR) is 95.9 cm³/mol. The van der Waals surface area contributed by atoms with Crippen molar-refractivity contribution in [2.45, 2.75) is 44.6 Å². The smallest absolute Gasteiger partial charge is 0.226 e. The van der Waals surface area contributed by atoms with Crippen molar-refractivity contribution in [1.29, 1.82) is 0 Å². The van der Waals surface area contributed by atoms with Crippen molar-refractivity contribution in [3.63, 3.8) is 0 Å². The Morgan fingerprint density at radius 1 is 1.32 bits per heavy atom. The zero-order chi connectivity index (χ0) is 17.9. The van der Waals surface area contributed by atoms with E-state index >= 15 is 0 Å². The third-order valence-corrected chi connectivity index (χ3v) is 5.78. The maximum absolute atomic E-state index is 13.6. The van der Waals surface area contributed by atoms with Crippen LogP contribution in [0.25, 0.3) is 0 Å². The van der Waals surface area contributed by atoms with Crippen LogP contribution < -0.4 is 5.32 Å². The van der Waals surface area contributed by atoms with Gasteiger partial charge in [0.15, 0.2) is 0 Å². The monoisotopic (exact) mass is 348 g/mol. The van der Waals surface area contributed by atoms with Crippen molar-refractivity contribution >= 4 is 5.91 Å². The minimum atomic E-state index is -0.463. The average Bonchev–Trinajstić information content (AvgIpc) is 3.02. The van der Waals surface area contributed by atoms with E-state index in [1.54, 1.807) is 12.1 Å². The topological polar surface area (TPSA) is 41.6 Å². The van der Waals surface area contributed by atoms with Crippen LogP contribution in [0.3, 0.4) is 0 Å². The van der Waals surface area contributed by atoms with E-state index < -0.39 is 5.41 Å². The van der Waals surface area contributed by atoms with Crippen LogP contribution in [0.5, 0.6) is 0 Å². The fourth-order valence-electron chi connectivity index (χ4n) is 4.00. The molecule has 1 N–H and O–H groups in total. The number of likely N-dealkylation sites (tertiary alicyclic amines) is 1. The summed E-state index contributed by atoms with van der Waals surface area (Å²) in [5.74, 6) is -0.158. The van der Waals surface area contributed by atoms with Gasteiger partial charge in [0.25, 0.3) is 0 Å². The van der Waals surface area contributed by atoms with Crippen LogP contribution in [-0.4, -0.2) is 49.7 Å². The maximum atomic E-state index is 13.6. The molecule has 1 unspecified atom stereocenters. The van der Waals surface area contributed by atoms with Gasteiger partial charge in [-0.2, -0.15) is 0 Å². The van der Waals surface area contributed by atoms with Gasteiger partial charge in [0, 0.05) is 13.2 Å². The van der Waals surface area contributed by atoms with E-state index in [0.717, 1.165) is 50.9 Å². The first-order chi connectivity index (χ1) is 11.9. The first kappa shape index (κ1) is 18.3. The molecule has 1 aromatic carbocycles. The molecule has 5 heteroatoms. The molecule has 0 aliphatic carbocycles. The molecule has 0 bridgehead atoms. The Morgan fingerprint density at radius 3 is 2.72 bits per heavy atom. The van der Waals surface area contributed by atoms with E-state index in [1.807, 2.05) is 6.07 Å². The maximum Gasteiger partial charge on any atom is 0.226 e. The summed E-state index contributed by atoms with van der Waals surface area (Å²) in [4.78, 5) is 15.4. The second-order valence-corrected chi connectivity index (χ2v) is 7.97. The number of benzene rings is 1. The summed E-state index contributed by atoms with van der Waals surface area (Å²) < 4.78 is 19.4. The van der Waals surface area contributed by atoms with Crippen LogP contribution in [0.2, 0.25) is 0 Å². The third-order valence-electron chi connectivity index (χ3n) is 5.78. The molecule has 0 saturated carbocycles. The van der Waals surface area contributed by atoms with Crippen LogP contribution in [0.15, 0.2) is 24.3 Å². The molecule has 2 fully saturated rings. The lowest BCUT2D eigenvalue weighted by molar-refractivity contribution is -0.135. The molecular weight excluding hydrogens is 319 g/mol. The SMILES string of the molecule is CN1CCC(Cc2cccc(F)c2)(C(=O)NCC2(C)CCCO2)CC1. The summed E-state index contributed by atoms with van der Waals surface area (Å²) in [5.41, 5.74) is 0.180. The molecule has 2 heterocycles. The summed E-state index contributed by atoms with van der Waals surface area (Å²) in [6.07, 6.45) is 4.20. The number of nitrogens with one attached hydrogen (secondary N) is 1. The van der Waals surface area contributed by atoms with Gasteiger partial charge in [0.2, 0.25) is 5.91 Å². The van der Waals surface area contributed by atoms with Gasteiger partial charge in [0.1, 0.15) is 5.82 Å². The van der Waals surface area contributed by atoms with Crippen molar-refractivity contribution < 1.29 is 13.9 Å². The van der Waals surface area contributed by atoms with Gasteiger partial charge in [-0.15, -0.1) is 0 Å². The van der Waals surface area contributed by atoms with Crippen LogP contribution in [0.4, 0.5) is 4.39 Å². The number of hydrogen-bond donors (Lipinski definition) is 1. The zero-order valence-electron chi connectivity index (χ0n) is 15.3. The van der Waals surface area contributed by atoms with E-state index in [9.17, 15) is 9.18 Å². The van der Waals surface area contributed by atoms with Crippen LogP contribution in [0.1, 0.15) is 38.2 Å². The summed E-state index contributed by atoms with van der Waals surface area (Å²) in [6, 6.07) is 6.63. The Hall–Kier alpha value is -1.46. The van der Waals surface area contributed by atoms with Crippen molar-refractivity contribution in [2.24, 2.45) is 5.41 Å².